The molecule has 0 aliphatic heterocycles. The van der Waals surface area contributed by atoms with Crippen LogP contribution in [0.5, 0.6) is 0 Å². The van der Waals surface area contributed by atoms with Crippen LogP contribution in [-0.4, -0.2) is 29.1 Å². The number of aryl methyl sites for hydroxylation is 4. The Hall–Kier alpha value is -3.48. The molecular weight excluding hydrogens is 340 g/mol. The summed E-state index contributed by atoms with van der Waals surface area (Å²) in [6, 6.07) is 10.1. The molecule has 0 saturated carbocycles. The van der Waals surface area contributed by atoms with Crippen molar-refractivity contribution in [3.63, 3.8) is 0 Å². The molecule has 0 bridgehead atoms. The van der Waals surface area contributed by atoms with Gasteiger partial charge >= 0.3 is 0 Å². The molecule has 7 nitrogen and oxygen atoms in total. The van der Waals surface area contributed by atoms with E-state index in [1.807, 2.05) is 44.4 Å². The highest BCUT2D eigenvalue weighted by molar-refractivity contribution is 5.83. The fourth-order valence-corrected chi connectivity index (χ4v) is 3.68. The Morgan fingerprint density at radius 3 is 2.85 bits per heavy atom. The quantitative estimate of drug-likeness (QED) is 0.538. The number of nitrogens with zero attached hydrogens (tertiary/aromatic N) is 5. The van der Waals surface area contributed by atoms with E-state index in [1.165, 1.54) is 10.9 Å². The van der Waals surface area contributed by atoms with Crippen molar-refractivity contribution in [2.24, 2.45) is 0 Å². The van der Waals surface area contributed by atoms with Gasteiger partial charge in [0.2, 0.25) is 0 Å². The van der Waals surface area contributed by atoms with Gasteiger partial charge in [-0.3, -0.25) is 4.79 Å². The third-order valence-electron chi connectivity index (χ3n) is 4.99. The number of fused-ring (bicyclic) bond motifs is 4. The molecule has 0 spiro atoms. The second kappa shape index (κ2) is 5.77. The Kier molecular flexibility index (Phi) is 3.36. The van der Waals surface area contributed by atoms with E-state index in [0.29, 0.717) is 29.2 Å². The largest absolute Gasteiger partial charge is 0.361 e. The highest BCUT2D eigenvalue weighted by Crippen LogP contribution is 2.19. The molecule has 1 N–H and O–H groups in total. The Bertz CT molecular complexity index is 1370. The van der Waals surface area contributed by atoms with Gasteiger partial charge in [0.15, 0.2) is 0 Å². The summed E-state index contributed by atoms with van der Waals surface area (Å²) >= 11 is 0. The van der Waals surface area contributed by atoms with Crippen molar-refractivity contribution in [2.75, 3.05) is 0 Å². The second-order valence-corrected chi connectivity index (χ2v) is 6.75. The number of nitrogens with one attached hydrogen (secondary N) is 1. The normalized spacial score (nSPS) is 11.8. The molecule has 0 radical (unpaired) electrons. The minimum atomic E-state index is -0.0487. The number of hydrogen-bond donors (Lipinski definition) is 1. The zero-order valence-corrected chi connectivity index (χ0v) is 15.1. The number of para-hydroxylation sites is 1. The Balaban J connectivity index is 1.58. The van der Waals surface area contributed by atoms with Crippen molar-refractivity contribution in [3.8, 4) is 0 Å². The number of rotatable bonds is 3. The lowest BCUT2D eigenvalue weighted by Crippen LogP contribution is -2.22. The Morgan fingerprint density at radius 1 is 1.11 bits per heavy atom. The maximum atomic E-state index is 13.1. The lowest BCUT2D eigenvalue weighted by Gasteiger charge is -2.09. The van der Waals surface area contributed by atoms with Gasteiger partial charge < -0.3 is 9.55 Å². The van der Waals surface area contributed by atoms with Crippen LogP contribution in [-0.2, 0) is 13.0 Å². The molecule has 0 atom stereocenters. The van der Waals surface area contributed by atoms with Gasteiger partial charge in [-0.05, 0) is 38.0 Å². The summed E-state index contributed by atoms with van der Waals surface area (Å²) in [5.41, 5.74) is 3.69. The maximum absolute atomic E-state index is 13.1. The summed E-state index contributed by atoms with van der Waals surface area (Å²) in [7, 11) is 0. The number of hydrogen-bond acceptors (Lipinski definition) is 4. The van der Waals surface area contributed by atoms with E-state index in [0.717, 1.165) is 17.5 Å². The van der Waals surface area contributed by atoms with Crippen molar-refractivity contribution in [3.05, 3.63) is 70.2 Å². The van der Waals surface area contributed by atoms with Crippen LogP contribution >= 0.6 is 0 Å². The van der Waals surface area contributed by atoms with Crippen molar-refractivity contribution < 1.29 is 0 Å². The standard InChI is InChI=1S/C20H18N6O/c1-12-18-17(26-20(22-12)23-13(2)24-26)8-10-25(19(18)27)9-7-14-11-21-16-6-4-3-5-15(14)16/h3-6,8,10-11,21H,7,9H2,1-2H3. The lowest BCUT2D eigenvalue weighted by atomic mass is 10.1. The molecule has 0 unspecified atom stereocenters. The van der Waals surface area contributed by atoms with Crippen LogP contribution in [0.25, 0.3) is 27.6 Å². The first-order chi connectivity index (χ1) is 13.1. The van der Waals surface area contributed by atoms with Crippen LogP contribution in [0.15, 0.2) is 47.5 Å². The molecular formula is C20H18N6O. The predicted octanol–water partition coefficient (Wildman–Crippen LogP) is 2.78. The minimum absolute atomic E-state index is 0.0487. The molecule has 7 heteroatoms. The van der Waals surface area contributed by atoms with Gasteiger partial charge in [-0.2, -0.15) is 9.50 Å². The SMILES string of the molecule is Cc1nc2nc(C)c3c(=O)n(CCc4c[nH]c5ccccc45)ccc3n2n1. The molecule has 0 saturated heterocycles. The third-order valence-corrected chi connectivity index (χ3v) is 4.99. The van der Waals surface area contributed by atoms with Gasteiger partial charge in [0, 0.05) is 29.8 Å². The number of benzene rings is 1. The molecule has 4 heterocycles. The van der Waals surface area contributed by atoms with Crippen molar-refractivity contribution in [1.82, 2.24) is 29.1 Å². The van der Waals surface area contributed by atoms with Crippen LogP contribution in [0.2, 0.25) is 0 Å². The average Bonchev–Trinajstić information content (AvgIpc) is 3.23. The van der Waals surface area contributed by atoms with Crippen LogP contribution in [0, 0.1) is 13.8 Å². The smallest absolute Gasteiger partial charge is 0.261 e. The van der Waals surface area contributed by atoms with Crippen LogP contribution in [0.4, 0.5) is 0 Å². The average molecular weight is 358 g/mol. The molecule has 5 aromatic rings. The van der Waals surface area contributed by atoms with Gasteiger partial charge in [0.1, 0.15) is 5.82 Å². The Labute approximate surface area is 154 Å². The highest BCUT2D eigenvalue weighted by Gasteiger charge is 2.13. The van der Waals surface area contributed by atoms with E-state index in [-0.39, 0.29) is 5.56 Å². The van der Waals surface area contributed by atoms with Gasteiger partial charge in [0.25, 0.3) is 11.3 Å². The van der Waals surface area contributed by atoms with Gasteiger partial charge in [-0.25, -0.2) is 4.98 Å². The first-order valence-corrected chi connectivity index (χ1v) is 8.90. The summed E-state index contributed by atoms with van der Waals surface area (Å²) in [5, 5.41) is 6.15. The number of H-pyrrole nitrogens is 1. The molecule has 27 heavy (non-hydrogen) atoms. The molecule has 0 aliphatic carbocycles. The maximum Gasteiger partial charge on any atom is 0.261 e. The minimum Gasteiger partial charge on any atom is -0.361 e. The van der Waals surface area contributed by atoms with Crippen LogP contribution in [0.3, 0.4) is 0 Å². The van der Waals surface area contributed by atoms with Crippen molar-refractivity contribution in [2.45, 2.75) is 26.8 Å². The lowest BCUT2D eigenvalue weighted by molar-refractivity contribution is 0.675. The molecule has 0 fully saturated rings. The first-order valence-electron chi connectivity index (χ1n) is 8.90. The van der Waals surface area contributed by atoms with Gasteiger partial charge in [-0.1, -0.05) is 18.2 Å². The highest BCUT2D eigenvalue weighted by atomic mass is 16.1. The third kappa shape index (κ3) is 2.43. The number of aromatic nitrogens is 6. The summed E-state index contributed by atoms with van der Waals surface area (Å²) in [5.74, 6) is 1.16. The van der Waals surface area contributed by atoms with Crippen molar-refractivity contribution >= 4 is 27.6 Å². The van der Waals surface area contributed by atoms with E-state index in [4.69, 9.17) is 0 Å². The van der Waals surface area contributed by atoms with E-state index >= 15 is 0 Å². The summed E-state index contributed by atoms with van der Waals surface area (Å²) in [6.07, 6.45) is 4.62. The number of pyridine rings is 1. The van der Waals surface area contributed by atoms with Crippen LogP contribution in [0.1, 0.15) is 17.1 Å². The molecule has 0 aliphatic rings. The molecule has 5 rings (SSSR count). The summed E-state index contributed by atoms with van der Waals surface area (Å²) in [4.78, 5) is 25.1. The zero-order valence-electron chi connectivity index (χ0n) is 15.1. The van der Waals surface area contributed by atoms with E-state index in [9.17, 15) is 4.79 Å². The van der Waals surface area contributed by atoms with E-state index < -0.39 is 0 Å². The fraction of sp³-hybridized carbons (Fsp3) is 0.200. The van der Waals surface area contributed by atoms with E-state index in [2.05, 4.69) is 32.2 Å². The monoisotopic (exact) mass is 358 g/mol. The summed E-state index contributed by atoms with van der Waals surface area (Å²) < 4.78 is 3.39. The first kappa shape index (κ1) is 15.7. The molecule has 1 aromatic carbocycles. The number of aromatic amines is 1. The second-order valence-electron chi connectivity index (χ2n) is 6.75. The van der Waals surface area contributed by atoms with Gasteiger partial charge in [0.05, 0.1) is 16.6 Å². The summed E-state index contributed by atoms with van der Waals surface area (Å²) in [6.45, 7) is 4.26. The topological polar surface area (TPSA) is 80.9 Å². The molecule has 0 amide bonds. The van der Waals surface area contributed by atoms with Crippen molar-refractivity contribution in [1.29, 1.82) is 0 Å². The fourth-order valence-electron chi connectivity index (χ4n) is 3.68. The molecule has 134 valence electrons. The van der Waals surface area contributed by atoms with E-state index in [1.54, 1.807) is 9.08 Å². The predicted molar refractivity (Wildman–Crippen MR) is 104 cm³/mol. The van der Waals surface area contributed by atoms with Crippen LogP contribution < -0.4 is 5.56 Å². The zero-order chi connectivity index (χ0) is 18.5. The molecule has 4 aromatic heterocycles. The Morgan fingerprint density at radius 2 is 1.96 bits per heavy atom. The van der Waals surface area contributed by atoms with Gasteiger partial charge in [-0.15, -0.1) is 5.10 Å².